The minimum Gasteiger partial charge on any atom is -0.308 e. The van der Waals surface area contributed by atoms with Crippen molar-refractivity contribution in [2.75, 3.05) is 18.0 Å². The van der Waals surface area contributed by atoms with Gasteiger partial charge in [-0.25, -0.2) is 0 Å². The molecule has 0 bridgehead atoms. The monoisotopic (exact) mass is 508 g/mol. The molecule has 2 aliphatic heterocycles. The lowest BCUT2D eigenvalue weighted by Gasteiger charge is -2.21. The molecule has 1 saturated heterocycles. The second-order valence-electron chi connectivity index (χ2n) is 7.88. The van der Waals surface area contributed by atoms with Crippen LogP contribution in [0.4, 0.5) is 5.69 Å². The average molecular weight is 510 g/mol. The number of hydrogen-bond acceptors (Lipinski definition) is 4. The van der Waals surface area contributed by atoms with Crippen molar-refractivity contribution in [3.63, 3.8) is 0 Å². The summed E-state index contributed by atoms with van der Waals surface area (Å²) in [5.74, 6) is 0.222. The molecule has 1 atom stereocenters. The number of nitrogens with zero attached hydrogens (tertiary/aromatic N) is 2. The van der Waals surface area contributed by atoms with E-state index in [9.17, 15) is 9.59 Å². The van der Waals surface area contributed by atoms with Gasteiger partial charge in [0.1, 0.15) is 4.32 Å². The Balaban J connectivity index is 1.96. The third-order valence-corrected chi connectivity index (χ3v) is 7.71. The van der Waals surface area contributed by atoms with E-state index in [0.29, 0.717) is 33.8 Å². The zero-order valence-electron chi connectivity index (χ0n) is 17.9. The van der Waals surface area contributed by atoms with Crippen LogP contribution in [-0.4, -0.2) is 34.1 Å². The number of thioether (sulfide) groups is 1. The fourth-order valence-electron chi connectivity index (χ4n) is 3.94. The molecule has 1 aromatic carbocycles. The lowest BCUT2D eigenvalue weighted by molar-refractivity contribution is -0.123. The van der Waals surface area contributed by atoms with Crippen LogP contribution in [0.15, 0.2) is 27.6 Å². The molecule has 30 heavy (non-hydrogen) atoms. The molecule has 2 aliphatic rings. The third-order valence-electron chi connectivity index (χ3n) is 5.77. The first kappa shape index (κ1) is 23.5. The van der Waals surface area contributed by atoms with Crippen LogP contribution < -0.4 is 4.90 Å². The number of benzene rings is 1. The molecule has 3 rings (SSSR count). The molecule has 4 nitrogen and oxygen atoms in total. The Morgan fingerprint density at radius 3 is 2.47 bits per heavy atom. The maximum atomic E-state index is 13.4. The molecule has 7 heteroatoms. The molecule has 162 valence electrons. The summed E-state index contributed by atoms with van der Waals surface area (Å²) in [4.78, 5) is 30.7. The van der Waals surface area contributed by atoms with Crippen molar-refractivity contribution < 1.29 is 9.59 Å². The number of rotatable bonds is 9. The second-order valence-corrected chi connectivity index (χ2v) is 10.4. The molecule has 2 heterocycles. The van der Waals surface area contributed by atoms with Crippen LogP contribution in [-0.2, 0) is 9.59 Å². The highest BCUT2D eigenvalue weighted by molar-refractivity contribution is 9.10. The number of carbonyl (C=O) groups is 2. The van der Waals surface area contributed by atoms with Gasteiger partial charge in [0.2, 0.25) is 0 Å². The van der Waals surface area contributed by atoms with E-state index in [1.165, 1.54) is 11.8 Å². The predicted octanol–water partition coefficient (Wildman–Crippen LogP) is 6.38. The van der Waals surface area contributed by atoms with Crippen molar-refractivity contribution in [3.05, 3.63) is 33.1 Å². The molecule has 0 saturated carbocycles. The molecular weight excluding hydrogens is 480 g/mol. The van der Waals surface area contributed by atoms with Crippen molar-refractivity contribution in [2.45, 2.75) is 59.3 Å². The Morgan fingerprint density at radius 1 is 1.07 bits per heavy atom. The lowest BCUT2D eigenvalue weighted by Crippen LogP contribution is -2.33. The zero-order chi connectivity index (χ0) is 21.8. The minimum atomic E-state index is -0.119. The van der Waals surface area contributed by atoms with Crippen LogP contribution in [0.1, 0.15) is 64.9 Å². The van der Waals surface area contributed by atoms with E-state index >= 15 is 0 Å². The molecule has 1 fully saturated rings. The van der Waals surface area contributed by atoms with Crippen molar-refractivity contribution in [1.82, 2.24) is 4.90 Å². The predicted molar refractivity (Wildman–Crippen MR) is 134 cm³/mol. The lowest BCUT2D eigenvalue weighted by atomic mass is 9.98. The van der Waals surface area contributed by atoms with Crippen LogP contribution in [0.2, 0.25) is 0 Å². The topological polar surface area (TPSA) is 40.6 Å². The van der Waals surface area contributed by atoms with Gasteiger partial charge in [-0.15, -0.1) is 0 Å². The van der Waals surface area contributed by atoms with E-state index in [2.05, 4.69) is 36.7 Å². The normalized spacial score (nSPS) is 19.8. The Kier molecular flexibility index (Phi) is 8.16. The van der Waals surface area contributed by atoms with Gasteiger partial charge in [-0.3, -0.25) is 14.5 Å². The third kappa shape index (κ3) is 4.68. The fraction of sp³-hybridized carbons (Fsp3) is 0.522. The van der Waals surface area contributed by atoms with Crippen LogP contribution in [0.25, 0.3) is 5.57 Å². The molecule has 0 N–H and O–H groups in total. The average Bonchev–Trinajstić information content (AvgIpc) is 3.15. The van der Waals surface area contributed by atoms with Gasteiger partial charge in [0.25, 0.3) is 11.8 Å². The number of fused-ring (bicyclic) bond motifs is 1. The summed E-state index contributed by atoms with van der Waals surface area (Å²) in [7, 11) is 0. The van der Waals surface area contributed by atoms with E-state index in [-0.39, 0.29) is 11.8 Å². The number of hydrogen-bond donors (Lipinski definition) is 0. The van der Waals surface area contributed by atoms with Gasteiger partial charge in [-0.05, 0) is 37.0 Å². The maximum absolute atomic E-state index is 13.4. The Morgan fingerprint density at radius 2 is 1.80 bits per heavy atom. The summed E-state index contributed by atoms with van der Waals surface area (Å²) in [6.45, 7) is 7.75. The maximum Gasteiger partial charge on any atom is 0.267 e. The standard InChI is InChI=1S/C23H29BrN2O2S2/c1-4-7-9-15(6-3)14-26-22(28)20(30-23(26)29)19-17-13-16(24)10-11-18(17)25(21(19)27)12-8-5-2/h10-11,13,15H,4-9,12,14H2,1-3H3/b20-19-. The van der Waals surface area contributed by atoms with Gasteiger partial charge >= 0.3 is 0 Å². The first-order valence-electron chi connectivity index (χ1n) is 10.8. The Labute approximate surface area is 197 Å². The quantitative estimate of drug-likeness (QED) is 0.286. The number of halogens is 1. The highest BCUT2D eigenvalue weighted by atomic mass is 79.9. The number of amides is 2. The smallest absolute Gasteiger partial charge is 0.267 e. The van der Waals surface area contributed by atoms with Crippen molar-refractivity contribution in [3.8, 4) is 0 Å². The molecule has 0 aliphatic carbocycles. The summed E-state index contributed by atoms with van der Waals surface area (Å²) in [5, 5.41) is 0. The zero-order valence-corrected chi connectivity index (χ0v) is 21.1. The summed E-state index contributed by atoms with van der Waals surface area (Å²) in [6, 6.07) is 5.84. The van der Waals surface area contributed by atoms with Crippen LogP contribution >= 0.6 is 39.9 Å². The number of unbranched alkanes of at least 4 members (excludes halogenated alkanes) is 2. The summed E-state index contributed by atoms with van der Waals surface area (Å²) in [6.07, 6.45) is 6.33. The molecular formula is C23H29BrN2O2S2. The van der Waals surface area contributed by atoms with E-state index in [1.807, 2.05) is 23.1 Å². The van der Waals surface area contributed by atoms with Gasteiger partial charge in [0.15, 0.2) is 0 Å². The van der Waals surface area contributed by atoms with Gasteiger partial charge in [-0.2, -0.15) is 0 Å². The molecule has 0 aromatic heterocycles. The summed E-state index contributed by atoms with van der Waals surface area (Å²) >= 11 is 10.4. The van der Waals surface area contributed by atoms with E-state index in [0.717, 1.165) is 54.2 Å². The molecule has 0 spiro atoms. The Bertz CT molecular complexity index is 884. The number of thiocarbonyl (C=S) groups is 1. The largest absolute Gasteiger partial charge is 0.308 e. The highest BCUT2D eigenvalue weighted by Crippen LogP contribution is 2.45. The highest BCUT2D eigenvalue weighted by Gasteiger charge is 2.42. The summed E-state index contributed by atoms with van der Waals surface area (Å²) < 4.78 is 1.46. The number of carbonyl (C=O) groups excluding carboxylic acids is 2. The molecule has 1 unspecified atom stereocenters. The Hall–Kier alpha value is -1.18. The summed E-state index contributed by atoms with van der Waals surface area (Å²) in [5.41, 5.74) is 2.21. The van der Waals surface area contributed by atoms with E-state index < -0.39 is 0 Å². The van der Waals surface area contributed by atoms with Crippen LogP contribution in [0.5, 0.6) is 0 Å². The van der Waals surface area contributed by atoms with Gasteiger partial charge in [0.05, 0.1) is 16.2 Å². The van der Waals surface area contributed by atoms with Crippen molar-refractivity contribution >= 4 is 67.3 Å². The second kappa shape index (κ2) is 10.4. The van der Waals surface area contributed by atoms with Gasteiger partial charge in [0, 0.05) is 23.1 Å². The fourth-order valence-corrected chi connectivity index (χ4v) is 5.65. The SMILES string of the molecule is CCCCC(CC)CN1C(=O)/C(=C2/C(=O)N(CCCC)c3ccc(Br)cc32)SC1=S. The van der Waals surface area contributed by atoms with Crippen LogP contribution in [0.3, 0.4) is 0 Å². The minimum absolute atomic E-state index is 0.0879. The molecule has 0 radical (unpaired) electrons. The van der Waals surface area contributed by atoms with Crippen molar-refractivity contribution in [2.24, 2.45) is 5.92 Å². The van der Waals surface area contributed by atoms with Crippen molar-refractivity contribution in [1.29, 1.82) is 0 Å². The van der Waals surface area contributed by atoms with Gasteiger partial charge < -0.3 is 4.90 Å². The molecule has 2 amide bonds. The number of anilines is 1. The van der Waals surface area contributed by atoms with E-state index in [1.54, 1.807) is 4.90 Å². The van der Waals surface area contributed by atoms with Gasteiger partial charge in [-0.1, -0.05) is 86.4 Å². The first-order valence-corrected chi connectivity index (χ1v) is 12.8. The van der Waals surface area contributed by atoms with E-state index in [4.69, 9.17) is 12.2 Å². The first-order chi connectivity index (χ1) is 14.4. The molecule has 1 aromatic rings. The van der Waals surface area contributed by atoms with Crippen LogP contribution in [0, 0.1) is 5.92 Å².